The monoisotopic (exact) mass is 427 g/mol. The Morgan fingerprint density at radius 2 is 2.00 bits per heavy atom. The Hall–Kier alpha value is -3.06. The molecule has 7 nitrogen and oxygen atoms in total. The second-order valence-electron chi connectivity index (χ2n) is 7.52. The fourth-order valence-corrected chi connectivity index (χ4v) is 3.64. The van der Waals surface area contributed by atoms with Gasteiger partial charge in [-0.1, -0.05) is 25.5 Å². The van der Waals surface area contributed by atoms with Crippen LogP contribution in [-0.2, 0) is 9.53 Å². The minimum Gasteiger partial charge on any atom is -0.503 e. The van der Waals surface area contributed by atoms with Crippen LogP contribution in [0.5, 0.6) is 5.75 Å². The highest BCUT2D eigenvalue weighted by Gasteiger charge is 2.44. The molecule has 0 bridgehead atoms. The topological polar surface area (TPSA) is 89.2 Å². The van der Waals surface area contributed by atoms with Gasteiger partial charge >= 0.3 is 0 Å². The minimum atomic E-state index is -0.739. The summed E-state index contributed by atoms with van der Waals surface area (Å²) < 4.78 is 16.4. The summed E-state index contributed by atoms with van der Waals surface area (Å²) in [5, 5.41) is 10.7. The quantitative estimate of drug-likeness (QED) is 0.423. The van der Waals surface area contributed by atoms with Crippen LogP contribution in [0.4, 0.5) is 0 Å². The SMILES string of the molecule is CCCCOc1cccc(C2C(C(=O)c3ccc(C)o3)=C(O)C(=O)N2CCCOC)c1. The van der Waals surface area contributed by atoms with Crippen LogP contribution in [-0.4, -0.2) is 48.6 Å². The lowest BCUT2D eigenvalue weighted by Crippen LogP contribution is -2.32. The summed E-state index contributed by atoms with van der Waals surface area (Å²) in [5.41, 5.74) is 0.706. The molecule has 0 fully saturated rings. The maximum Gasteiger partial charge on any atom is 0.290 e. The molecule has 0 spiro atoms. The lowest BCUT2D eigenvalue weighted by Gasteiger charge is -2.27. The molecular weight excluding hydrogens is 398 g/mol. The summed E-state index contributed by atoms with van der Waals surface area (Å²) in [6, 6.07) is 9.79. The number of amides is 1. The van der Waals surface area contributed by atoms with Gasteiger partial charge in [-0.3, -0.25) is 9.59 Å². The molecule has 1 N–H and O–H groups in total. The smallest absolute Gasteiger partial charge is 0.290 e. The van der Waals surface area contributed by atoms with Crippen LogP contribution in [0, 0.1) is 6.92 Å². The van der Waals surface area contributed by atoms with E-state index in [0.717, 1.165) is 12.8 Å². The second-order valence-corrected chi connectivity index (χ2v) is 7.52. The third-order valence-electron chi connectivity index (χ3n) is 5.20. The van der Waals surface area contributed by atoms with Crippen molar-refractivity contribution in [3.63, 3.8) is 0 Å². The van der Waals surface area contributed by atoms with E-state index in [1.807, 2.05) is 24.3 Å². The van der Waals surface area contributed by atoms with Crippen LogP contribution in [0.2, 0.25) is 0 Å². The molecule has 3 rings (SSSR count). The van der Waals surface area contributed by atoms with Crippen molar-refractivity contribution in [3.8, 4) is 5.75 Å². The number of ether oxygens (including phenoxy) is 2. The second kappa shape index (κ2) is 10.3. The largest absolute Gasteiger partial charge is 0.503 e. The van der Waals surface area contributed by atoms with Gasteiger partial charge < -0.3 is 23.9 Å². The number of aliphatic hydroxyl groups excluding tert-OH is 1. The summed E-state index contributed by atoms with van der Waals surface area (Å²) in [6.07, 6.45) is 2.51. The normalized spacial score (nSPS) is 16.3. The number of unbranched alkanes of at least 4 members (excludes halogenated alkanes) is 1. The van der Waals surface area contributed by atoms with Crippen molar-refractivity contribution in [2.45, 2.75) is 39.2 Å². The molecule has 2 aromatic rings. The van der Waals surface area contributed by atoms with Crippen LogP contribution in [0.1, 0.15) is 54.1 Å². The number of rotatable bonds is 11. The van der Waals surface area contributed by atoms with Crippen molar-refractivity contribution >= 4 is 11.7 Å². The number of nitrogens with zero attached hydrogens (tertiary/aromatic N) is 1. The third-order valence-corrected chi connectivity index (χ3v) is 5.20. The van der Waals surface area contributed by atoms with E-state index in [2.05, 4.69) is 6.92 Å². The maximum atomic E-state index is 13.2. The summed E-state index contributed by atoms with van der Waals surface area (Å²) >= 11 is 0. The molecule has 2 heterocycles. The molecule has 166 valence electrons. The molecule has 0 saturated heterocycles. The number of aryl methyl sites for hydroxylation is 1. The molecule has 1 aliphatic heterocycles. The Morgan fingerprint density at radius 3 is 2.68 bits per heavy atom. The van der Waals surface area contributed by atoms with E-state index >= 15 is 0 Å². The van der Waals surface area contributed by atoms with E-state index in [1.165, 1.54) is 4.90 Å². The molecule has 1 unspecified atom stereocenters. The standard InChI is InChI=1S/C24H29NO6/c1-4-5-14-30-18-9-6-8-17(15-18)21-20(22(26)19-11-10-16(2)31-19)23(27)24(28)25(21)12-7-13-29-3/h6,8-11,15,21,27H,4-5,7,12-14H2,1-3H3. The van der Waals surface area contributed by atoms with E-state index in [9.17, 15) is 14.7 Å². The Balaban J connectivity index is 1.98. The highest BCUT2D eigenvalue weighted by atomic mass is 16.5. The molecule has 1 aliphatic rings. The van der Waals surface area contributed by atoms with Gasteiger partial charge in [-0.25, -0.2) is 0 Å². The first-order valence-electron chi connectivity index (χ1n) is 10.5. The lowest BCUT2D eigenvalue weighted by atomic mass is 9.95. The number of ketones is 1. The van der Waals surface area contributed by atoms with E-state index in [4.69, 9.17) is 13.9 Å². The molecule has 1 amide bonds. The number of Topliss-reactive ketones (excluding diaryl/α,β-unsaturated/α-hetero) is 1. The van der Waals surface area contributed by atoms with Gasteiger partial charge in [0.05, 0.1) is 18.2 Å². The van der Waals surface area contributed by atoms with Gasteiger partial charge in [0.2, 0.25) is 5.78 Å². The zero-order valence-corrected chi connectivity index (χ0v) is 18.2. The van der Waals surface area contributed by atoms with Crippen molar-refractivity contribution in [1.29, 1.82) is 0 Å². The van der Waals surface area contributed by atoms with E-state index in [0.29, 0.717) is 43.3 Å². The Morgan fingerprint density at radius 1 is 1.19 bits per heavy atom. The van der Waals surface area contributed by atoms with Crippen LogP contribution < -0.4 is 4.74 Å². The molecule has 0 aliphatic carbocycles. The predicted octanol–water partition coefficient (Wildman–Crippen LogP) is 4.38. The summed E-state index contributed by atoms with van der Waals surface area (Å²) in [6.45, 7) is 5.19. The van der Waals surface area contributed by atoms with Crippen molar-refractivity contribution in [2.75, 3.05) is 26.9 Å². The molecule has 1 atom stereocenters. The number of benzene rings is 1. The summed E-state index contributed by atoms with van der Waals surface area (Å²) in [7, 11) is 1.59. The predicted molar refractivity (Wildman–Crippen MR) is 115 cm³/mol. The van der Waals surface area contributed by atoms with Gasteiger partial charge in [0, 0.05) is 20.3 Å². The molecule has 31 heavy (non-hydrogen) atoms. The molecule has 1 aromatic heterocycles. The summed E-state index contributed by atoms with van der Waals surface area (Å²) in [5.74, 6) is -0.305. The van der Waals surface area contributed by atoms with Crippen LogP contribution in [0.15, 0.2) is 52.1 Å². The number of hydrogen-bond acceptors (Lipinski definition) is 6. The number of furan rings is 1. The fraction of sp³-hybridized carbons (Fsp3) is 0.417. The molecule has 0 radical (unpaired) electrons. The number of carbonyl (C=O) groups is 2. The van der Waals surface area contributed by atoms with Crippen LogP contribution in [0.3, 0.4) is 0 Å². The summed E-state index contributed by atoms with van der Waals surface area (Å²) in [4.78, 5) is 27.6. The Labute approximate surface area is 182 Å². The average Bonchev–Trinajstić information content (AvgIpc) is 3.30. The average molecular weight is 427 g/mol. The van der Waals surface area contributed by atoms with Crippen molar-refractivity contribution in [2.24, 2.45) is 0 Å². The number of carbonyl (C=O) groups excluding carboxylic acids is 2. The first kappa shape index (κ1) is 22.6. The number of methoxy groups -OCH3 is 1. The highest BCUT2D eigenvalue weighted by molar-refractivity contribution is 6.15. The zero-order valence-electron chi connectivity index (χ0n) is 18.2. The zero-order chi connectivity index (χ0) is 22.4. The highest BCUT2D eigenvalue weighted by Crippen LogP contribution is 2.40. The van der Waals surface area contributed by atoms with Crippen molar-refractivity contribution in [3.05, 3.63) is 64.8 Å². The van der Waals surface area contributed by atoms with Gasteiger partial charge in [0.1, 0.15) is 11.5 Å². The molecule has 0 saturated carbocycles. The first-order valence-corrected chi connectivity index (χ1v) is 10.5. The Kier molecular flexibility index (Phi) is 7.52. The molecular formula is C24H29NO6. The number of aliphatic hydroxyl groups is 1. The number of hydrogen-bond donors (Lipinski definition) is 1. The van der Waals surface area contributed by atoms with E-state index in [1.54, 1.807) is 26.2 Å². The third kappa shape index (κ3) is 4.99. The molecule has 1 aromatic carbocycles. The van der Waals surface area contributed by atoms with Gasteiger partial charge in [0.15, 0.2) is 11.5 Å². The fourth-order valence-electron chi connectivity index (χ4n) is 3.64. The van der Waals surface area contributed by atoms with Crippen molar-refractivity contribution < 1.29 is 28.6 Å². The molecule has 7 heteroatoms. The maximum absolute atomic E-state index is 13.2. The van der Waals surface area contributed by atoms with Gasteiger partial charge in [-0.15, -0.1) is 0 Å². The van der Waals surface area contributed by atoms with Gasteiger partial charge in [0.25, 0.3) is 5.91 Å². The van der Waals surface area contributed by atoms with Gasteiger partial charge in [-0.2, -0.15) is 0 Å². The lowest BCUT2D eigenvalue weighted by molar-refractivity contribution is -0.129. The van der Waals surface area contributed by atoms with Gasteiger partial charge in [-0.05, 0) is 49.6 Å². The van der Waals surface area contributed by atoms with Crippen LogP contribution in [0.25, 0.3) is 0 Å². The Bertz CT molecular complexity index is 960. The minimum absolute atomic E-state index is 0.0162. The first-order chi connectivity index (χ1) is 15.0. The van der Waals surface area contributed by atoms with E-state index < -0.39 is 23.5 Å². The van der Waals surface area contributed by atoms with E-state index in [-0.39, 0.29) is 11.3 Å². The van der Waals surface area contributed by atoms with Crippen LogP contribution >= 0.6 is 0 Å². The van der Waals surface area contributed by atoms with Crippen molar-refractivity contribution in [1.82, 2.24) is 4.90 Å².